The highest BCUT2D eigenvalue weighted by Gasteiger charge is 2.31. The first-order valence-electron chi connectivity index (χ1n) is 4.31. The molecule has 2 nitrogen and oxygen atoms in total. The first-order chi connectivity index (χ1) is 7.28. The number of halogens is 4. The maximum absolute atomic E-state index is 13.1. The number of benzene rings is 1. The molecule has 1 aromatic rings. The lowest BCUT2D eigenvalue weighted by Gasteiger charge is -2.10. The smallest absolute Gasteiger partial charge is 0.406 e. The van der Waals surface area contributed by atoms with Crippen molar-refractivity contribution in [1.82, 2.24) is 0 Å². The molecule has 0 unspecified atom stereocenters. The Labute approximate surface area is 88.8 Å². The molecule has 0 aliphatic carbocycles. The van der Waals surface area contributed by atoms with Crippen LogP contribution in [0.2, 0.25) is 0 Å². The van der Waals surface area contributed by atoms with Crippen LogP contribution in [0.25, 0.3) is 0 Å². The molecule has 0 aliphatic heterocycles. The van der Waals surface area contributed by atoms with Crippen molar-refractivity contribution in [1.29, 1.82) is 0 Å². The van der Waals surface area contributed by atoms with Crippen LogP contribution in [-0.4, -0.2) is 12.1 Å². The Morgan fingerprint density at radius 2 is 2.00 bits per heavy atom. The third-order valence-electron chi connectivity index (χ3n) is 1.69. The Kier molecular flexibility index (Phi) is 3.51. The Bertz CT molecular complexity index is 398. The van der Waals surface area contributed by atoms with Crippen molar-refractivity contribution >= 4 is 5.78 Å². The van der Waals surface area contributed by atoms with Crippen molar-refractivity contribution in [2.75, 3.05) is 0 Å². The van der Waals surface area contributed by atoms with Gasteiger partial charge in [-0.15, -0.1) is 13.2 Å². The highest BCUT2D eigenvalue weighted by Crippen LogP contribution is 2.24. The number of carbonyl (C=O) groups excluding carboxylic acids is 1. The van der Waals surface area contributed by atoms with Gasteiger partial charge in [-0.1, -0.05) is 0 Å². The van der Waals surface area contributed by atoms with E-state index in [0.29, 0.717) is 0 Å². The van der Waals surface area contributed by atoms with Crippen LogP contribution < -0.4 is 4.74 Å². The molecule has 0 amide bonds. The van der Waals surface area contributed by atoms with Crippen LogP contribution in [0.3, 0.4) is 0 Å². The van der Waals surface area contributed by atoms with Crippen LogP contribution in [0, 0.1) is 5.82 Å². The molecule has 0 saturated heterocycles. The van der Waals surface area contributed by atoms with E-state index >= 15 is 0 Å². The summed E-state index contributed by atoms with van der Waals surface area (Å²) >= 11 is 0. The SMILES string of the molecule is CC(=O)Cc1cc(OC(F)(F)F)ccc1F. The van der Waals surface area contributed by atoms with Gasteiger partial charge in [0.15, 0.2) is 0 Å². The molecule has 88 valence electrons. The number of Topliss-reactive ketones (excluding diaryl/α,β-unsaturated/α-hetero) is 1. The van der Waals surface area contributed by atoms with E-state index in [1.165, 1.54) is 6.92 Å². The van der Waals surface area contributed by atoms with Gasteiger partial charge in [0.25, 0.3) is 0 Å². The number of hydrogen-bond acceptors (Lipinski definition) is 2. The van der Waals surface area contributed by atoms with Gasteiger partial charge in [-0.3, -0.25) is 4.79 Å². The van der Waals surface area contributed by atoms with Gasteiger partial charge in [-0.25, -0.2) is 4.39 Å². The highest BCUT2D eigenvalue weighted by molar-refractivity contribution is 5.78. The average molecular weight is 236 g/mol. The summed E-state index contributed by atoms with van der Waals surface area (Å²) in [6, 6.07) is 2.55. The van der Waals surface area contributed by atoms with E-state index in [1.54, 1.807) is 0 Å². The summed E-state index contributed by atoms with van der Waals surface area (Å²) < 4.78 is 52.2. The van der Waals surface area contributed by atoms with Crippen molar-refractivity contribution in [3.63, 3.8) is 0 Å². The number of rotatable bonds is 3. The molecule has 0 heterocycles. The Balaban J connectivity index is 2.93. The van der Waals surface area contributed by atoms with Crippen molar-refractivity contribution in [3.8, 4) is 5.75 Å². The van der Waals surface area contributed by atoms with E-state index in [-0.39, 0.29) is 17.8 Å². The molecule has 0 fully saturated rings. The predicted octanol–water partition coefficient (Wildman–Crippen LogP) is 2.86. The van der Waals surface area contributed by atoms with Crippen molar-refractivity contribution in [2.45, 2.75) is 19.7 Å². The van der Waals surface area contributed by atoms with Crippen molar-refractivity contribution in [3.05, 3.63) is 29.6 Å². The lowest BCUT2D eigenvalue weighted by Crippen LogP contribution is -2.17. The van der Waals surface area contributed by atoms with Crippen LogP contribution in [-0.2, 0) is 11.2 Å². The van der Waals surface area contributed by atoms with E-state index in [4.69, 9.17) is 0 Å². The van der Waals surface area contributed by atoms with Crippen LogP contribution in [0.1, 0.15) is 12.5 Å². The van der Waals surface area contributed by atoms with Gasteiger partial charge in [0.05, 0.1) is 0 Å². The first-order valence-corrected chi connectivity index (χ1v) is 4.31. The number of ketones is 1. The minimum Gasteiger partial charge on any atom is -0.406 e. The molecule has 0 atom stereocenters. The molecule has 0 bridgehead atoms. The fourth-order valence-electron chi connectivity index (χ4n) is 1.15. The summed E-state index contributed by atoms with van der Waals surface area (Å²) in [5, 5.41) is 0. The third-order valence-corrected chi connectivity index (χ3v) is 1.69. The van der Waals surface area contributed by atoms with E-state index in [0.717, 1.165) is 18.2 Å². The van der Waals surface area contributed by atoms with Crippen molar-refractivity contribution in [2.24, 2.45) is 0 Å². The second-order valence-electron chi connectivity index (χ2n) is 3.18. The topological polar surface area (TPSA) is 26.3 Å². The molecule has 0 radical (unpaired) electrons. The number of carbonyl (C=O) groups is 1. The quantitative estimate of drug-likeness (QED) is 0.754. The van der Waals surface area contributed by atoms with Gasteiger partial charge in [0.1, 0.15) is 17.3 Å². The normalized spacial score (nSPS) is 11.3. The predicted molar refractivity (Wildman–Crippen MR) is 47.5 cm³/mol. The van der Waals surface area contributed by atoms with Gasteiger partial charge in [0, 0.05) is 6.42 Å². The minimum absolute atomic E-state index is 0.116. The first kappa shape index (κ1) is 12.5. The van der Waals surface area contributed by atoms with E-state index < -0.39 is 17.9 Å². The molecule has 1 aromatic carbocycles. The van der Waals surface area contributed by atoms with Gasteiger partial charge in [0.2, 0.25) is 0 Å². The minimum atomic E-state index is -4.83. The molecule has 1 rings (SSSR count). The maximum Gasteiger partial charge on any atom is 0.573 e. The fraction of sp³-hybridized carbons (Fsp3) is 0.300. The van der Waals surface area contributed by atoms with E-state index in [9.17, 15) is 22.4 Å². The molecule has 0 spiro atoms. The Morgan fingerprint density at radius 3 is 2.50 bits per heavy atom. The summed E-state index contributed by atoms with van der Waals surface area (Å²) in [4.78, 5) is 10.7. The summed E-state index contributed by atoms with van der Waals surface area (Å²) in [6.07, 6.45) is -5.09. The second-order valence-corrected chi connectivity index (χ2v) is 3.18. The largest absolute Gasteiger partial charge is 0.573 e. The standard InChI is InChI=1S/C10H8F4O2/c1-6(15)4-7-5-8(2-3-9(7)11)16-10(12,13)14/h2-3,5H,4H2,1H3. The number of hydrogen-bond donors (Lipinski definition) is 0. The highest BCUT2D eigenvalue weighted by atomic mass is 19.4. The van der Waals surface area contributed by atoms with E-state index in [2.05, 4.69) is 4.74 Å². The molecule has 16 heavy (non-hydrogen) atoms. The monoisotopic (exact) mass is 236 g/mol. The summed E-state index contributed by atoms with van der Waals surface area (Å²) in [5.41, 5.74) is -0.116. The summed E-state index contributed by atoms with van der Waals surface area (Å²) in [7, 11) is 0. The molecule has 6 heteroatoms. The van der Waals surface area contributed by atoms with Crippen molar-refractivity contribution < 1.29 is 27.1 Å². The average Bonchev–Trinajstić information content (AvgIpc) is 2.07. The van der Waals surface area contributed by atoms with Crippen LogP contribution >= 0.6 is 0 Å². The molecule has 0 saturated carbocycles. The van der Waals surface area contributed by atoms with Gasteiger partial charge < -0.3 is 4.74 Å². The van der Waals surface area contributed by atoms with Gasteiger partial charge >= 0.3 is 6.36 Å². The molecule has 0 N–H and O–H groups in total. The summed E-state index contributed by atoms with van der Waals surface area (Å²) in [5.74, 6) is -1.61. The molecular formula is C10H8F4O2. The van der Waals surface area contributed by atoms with Gasteiger partial charge in [-0.2, -0.15) is 0 Å². The summed E-state index contributed by atoms with van der Waals surface area (Å²) in [6.45, 7) is 1.22. The van der Waals surface area contributed by atoms with Crippen LogP contribution in [0.15, 0.2) is 18.2 Å². The zero-order valence-electron chi connectivity index (χ0n) is 8.27. The van der Waals surface area contributed by atoms with E-state index in [1.807, 2.05) is 0 Å². The molecule has 0 aliphatic rings. The zero-order chi connectivity index (χ0) is 12.3. The number of ether oxygens (including phenoxy) is 1. The molecule has 0 aromatic heterocycles. The van der Waals surface area contributed by atoms with Gasteiger partial charge in [-0.05, 0) is 30.7 Å². The van der Waals surface area contributed by atoms with Crippen LogP contribution in [0.5, 0.6) is 5.75 Å². The lowest BCUT2D eigenvalue weighted by atomic mass is 10.1. The third kappa shape index (κ3) is 3.88. The maximum atomic E-state index is 13.1. The van der Waals surface area contributed by atoms with Crippen LogP contribution in [0.4, 0.5) is 17.6 Å². The zero-order valence-corrected chi connectivity index (χ0v) is 8.27. The fourth-order valence-corrected chi connectivity index (χ4v) is 1.15. The second kappa shape index (κ2) is 4.51. The Hall–Kier alpha value is -1.59. The Morgan fingerprint density at radius 1 is 1.38 bits per heavy atom. The number of alkyl halides is 3. The molecular weight excluding hydrogens is 228 g/mol. The lowest BCUT2D eigenvalue weighted by molar-refractivity contribution is -0.274.